The highest BCUT2D eigenvalue weighted by Gasteiger charge is 2.09. The fourth-order valence-corrected chi connectivity index (χ4v) is 2.35. The van der Waals surface area contributed by atoms with E-state index in [0.717, 1.165) is 27.6 Å². The molecule has 0 amide bonds. The molecule has 0 saturated heterocycles. The van der Waals surface area contributed by atoms with Gasteiger partial charge in [-0.1, -0.05) is 29.3 Å². The van der Waals surface area contributed by atoms with Crippen LogP contribution in [0.15, 0.2) is 42.5 Å². The predicted octanol–water partition coefficient (Wildman–Crippen LogP) is 4.30. The van der Waals surface area contributed by atoms with Crippen molar-refractivity contribution in [2.75, 3.05) is 0 Å². The number of aromatic nitrogens is 2. The van der Waals surface area contributed by atoms with Gasteiger partial charge in [-0.2, -0.15) is 0 Å². The third-order valence-electron chi connectivity index (χ3n) is 3.08. The van der Waals surface area contributed by atoms with Crippen LogP contribution in [0, 0.1) is 13.8 Å². The summed E-state index contributed by atoms with van der Waals surface area (Å²) in [6.45, 7) is 4.09. The molecular weight excluding hydrogens is 244 g/mol. The first kappa shape index (κ1) is 11.3. The van der Waals surface area contributed by atoms with Gasteiger partial charge < -0.3 is 0 Å². The van der Waals surface area contributed by atoms with E-state index in [2.05, 4.69) is 40.7 Å². The van der Waals surface area contributed by atoms with Crippen LogP contribution in [-0.4, -0.2) is 9.55 Å². The summed E-state index contributed by atoms with van der Waals surface area (Å²) in [5.41, 5.74) is 4.38. The normalized spacial score (nSPS) is 11.1. The van der Waals surface area contributed by atoms with Gasteiger partial charge in [-0.15, -0.1) is 0 Å². The molecule has 3 rings (SSSR count). The van der Waals surface area contributed by atoms with Gasteiger partial charge >= 0.3 is 0 Å². The quantitative estimate of drug-likeness (QED) is 0.635. The van der Waals surface area contributed by atoms with Crippen LogP contribution in [0.25, 0.3) is 16.7 Å². The van der Waals surface area contributed by atoms with E-state index in [0.29, 0.717) is 0 Å². The van der Waals surface area contributed by atoms with Crippen molar-refractivity contribution in [3.8, 4) is 5.69 Å². The molecule has 90 valence electrons. The molecule has 0 saturated carbocycles. The summed E-state index contributed by atoms with van der Waals surface area (Å²) >= 11 is 6.07. The maximum Gasteiger partial charge on any atom is 0.111 e. The number of benzene rings is 2. The molecule has 0 atom stereocenters. The zero-order chi connectivity index (χ0) is 12.7. The van der Waals surface area contributed by atoms with E-state index >= 15 is 0 Å². The summed E-state index contributed by atoms with van der Waals surface area (Å²) in [4.78, 5) is 4.56. The number of hydrogen-bond donors (Lipinski definition) is 0. The van der Waals surface area contributed by atoms with E-state index in [1.54, 1.807) is 0 Å². The highest BCUT2D eigenvalue weighted by atomic mass is 35.5. The Balaban J connectivity index is 2.30. The molecule has 1 heterocycles. The summed E-state index contributed by atoms with van der Waals surface area (Å²) < 4.78 is 2.13. The van der Waals surface area contributed by atoms with Crippen LogP contribution in [0.4, 0.5) is 0 Å². The number of aryl methyl sites for hydroxylation is 2. The first-order valence-electron chi connectivity index (χ1n) is 5.87. The highest BCUT2D eigenvalue weighted by Crippen LogP contribution is 2.24. The summed E-state index contributed by atoms with van der Waals surface area (Å²) in [7, 11) is 0. The predicted molar refractivity (Wildman–Crippen MR) is 75.6 cm³/mol. The summed E-state index contributed by atoms with van der Waals surface area (Å²) in [6, 6.07) is 14.2. The van der Waals surface area contributed by atoms with Crippen LogP contribution in [-0.2, 0) is 0 Å². The van der Waals surface area contributed by atoms with E-state index in [4.69, 9.17) is 11.6 Å². The lowest BCUT2D eigenvalue weighted by molar-refractivity contribution is 1.000. The molecule has 3 heteroatoms. The largest absolute Gasteiger partial charge is 0.296 e. The lowest BCUT2D eigenvalue weighted by Gasteiger charge is -2.07. The van der Waals surface area contributed by atoms with Crippen LogP contribution in [0.1, 0.15) is 11.4 Å². The number of imidazole rings is 1. The van der Waals surface area contributed by atoms with Crippen LogP contribution in [0.2, 0.25) is 5.02 Å². The van der Waals surface area contributed by atoms with Crippen molar-refractivity contribution < 1.29 is 0 Å². The molecule has 0 aliphatic rings. The molecule has 0 radical (unpaired) electrons. The lowest BCUT2D eigenvalue weighted by atomic mass is 10.2. The van der Waals surface area contributed by atoms with Crippen LogP contribution in [0.3, 0.4) is 0 Å². The molecule has 18 heavy (non-hydrogen) atoms. The van der Waals surface area contributed by atoms with Gasteiger partial charge in [0.1, 0.15) is 5.82 Å². The maximum atomic E-state index is 6.07. The molecule has 2 aromatic carbocycles. The van der Waals surface area contributed by atoms with Crippen molar-refractivity contribution >= 4 is 22.6 Å². The van der Waals surface area contributed by atoms with Crippen molar-refractivity contribution in [1.82, 2.24) is 9.55 Å². The first-order valence-corrected chi connectivity index (χ1v) is 6.24. The van der Waals surface area contributed by atoms with Gasteiger partial charge in [-0.25, -0.2) is 4.98 Å². The smallest absolute Gasteiger partial charge is 0.111 e. The molecule has 0 bridgehead atoms. The molecule has 2 nitrogen and oxygen atoms in total. The molecule has 0 fully saturated rings. The average molecular weight is 257 g/mol. The van der Waals surface area contributed by atoms with Gasteiger partial charge in [0, 0.05) is 10.7 Å². The molecule has 1 aromatic heterocycles. The van der Waals surface area contributed by atoms with Gasteiger partial charge in [0.15, 0.2) is 0 Å². The summed E-state index contributed by atoms with van der Waals surface area (Å²) in [5.74, 6) is 0.969. The Morgan fingerprint density at radius 1 is 1.00 bits per heavy atom. The number of nitrogens with zero attached hydrogens (tertiary/aromatic N) is 2. The Morgan fingerprint density at radius 2 is 1.72 bits per heavy atom. The molecular formula is C15H13ClN2. The number of fused-ring (bicyclic) bond motifs is 1. The van der Waals surface area contributed by atoms with Crippen molar-refractivity contribution in [2.24, 2.45) is 0 Å². The van der Waals surface area contributed by atoms with Crippen LogP contribution < -0.4 is 0 Å². The van der Waals surface area contributed by atoms with Gasteiger partial charge in [-0.05, 0) is 44.2 Å². The van der Waals surface area contributed by atoms with E-state index < -0.39 is 0 Å². The zero-order valence-electron chi connectivity index (χ0n) is 10.3. The van der Waals surface area contributed by atoms with E-state index in [9.17, 15) is 0 Å². The zero-order valence-corrected chi connectivity index (χ0v) is 11.1. The number of halogens is 1. The second-order valence-corrected chi connectivity index (χ2v) is 4.90. The van der Waals surface area contributed by atoms with Crippen LogP contribution in [0.5, 0.6) is 0 Å². The monoisotopic (exact) mass is 256 g/mol. The minimum absolute atomic E-state index is 0.732. The molecule has 0 aliphatic heterocycles. The second kappa shape index (κ2) is 4.14. The first-order chi connectivity index (χ1) is 8.65. The topological polar surface area (TPSA) is 17.8 Å². The molecule has 0 N–H and O–H groups in total. The summed E-state index contributed by atoms with van der Waals surface area (Å²) in [5, 5.41) is 0.732. The lowest BCUT2D eigenvalue weighted by Crippen LogP contribution is -1.96. The Morgan fingerprint density at radius 3 is 2.44 bits per heavy atom. The van der Waals surface area contributed by atoms with Gasteiger partial charge in [-0.3, -0.25) is 4.57 Å². The fraction of sp³-hybridized carbons (Fsp3) is 0.133. The molecule has 0 spiro atoms. The average Bonchev–Trinajstić information content (AvgIpc) is 2.66. The standard InChI is InChI=1S/C15H13ClN2/c1-10-3-6-13(7-4-10)18-11(2)17-14-8-5-12(16)9-15(14)18/h3-9H,1-2H3. The van der Waals surface area contributed by atoms with E-state index in [-0.39, 0.29) is 0 Å². The molecule has 3 aromatic rings. The second-order valence-electron chi connectivity index (χ2n) is 4.46. The SMILES string of the molecule is Cc1ccc(-n2c(C)nc3ccc(Cl)cc32)cc1. The number of hydrogen-bond acceptors (Lipinski definition) is 1. The van der Waals surface area contributed by atoms with E-state index in [1.165, 1.54) is 5.56 Å². The van der Waals surface area contributed by atoms with Gasteiger partial charge in [0.05, 0.1) is 11.0 Å². The van der Waals surface area contributed by atoms with Gasteiger partial charge in [0.25, 0.3) is 0 Å². The van der Waals surface area contributed by atoms with E-state index in [1.807, 2.05) is 25.1 Å². The minimum atomic E-state index is 0.732. The highest BCUT2D eigenvalue weighted by molar-refractivity contribution is 6.31. The molecule has 0 aliphatic carbocycles. The Bertz CT molecular complexity index is 711. The third kappa shape index (κ3) is 1.79. The summed E-state index contributed by atoms with van der Waals surface area (Å²) in [6.07, 6.45) is 0. The van der Waals surface area contributed by atoms with Crippen molar-refractivity contribution in [3.63, 3.8) is 0 Å². The number of rotatable bonds is 1. The minimum Gasteiger partial charge on any atom is -0.296 e. The maximum absolute atomic E-state index is 6.07. The van der Waals surface area contributed by atoms with Crippen molar-refractivity contribution in [1.29, 1.82) is 0 Å². The van der Waals surface area contributed by atoms with Crippen molar-refractivity contribution in [2.45, 2.75) is 13.8 Å². The van der Waals surface area contributed by atoms with Crippen molar-refractivity contribution in [3.05, 3.63) is 58.9 Å². The Labute approximate surface area is 111 Å². The Kier molecular flexibility index (Phi) is 2.60. The molecule has 0 unspecified atom stereocenters. The Hall–Kier alpha value is -1.80. The third-order valence-corrected chi connectivity index (χ3v) is 3.31. The fourth-order valence-electron chi connectivity index (χ4n) is 2.19. The van der Waals surface area contributed by atoms with Gasteiger partial charge in [0.2, 0.25) is 0 Å². The van der Waals surface area contributed by atoms with Crippen LogP contribution >= 0.6 is 11.6 Å².